The Hall–Kier alpha value is -2.76. The second-order valence-electron chi connectivity index (χ2n) is 4.87. The summed E-state index contributed by atoms with van der Waals surface area (Å²) >= 11 is 0. The average molecular weight is 286 g/mol. The highest BCUT2D eigenvalue weighted by Gasteiger charge is 2.28. The van der Waals surface area contributed by atoms with Crippen molar-refractivity contribution < 1.29 is 19.1 Å². The number of fused-ring (bicyclic) bond motifs is 1. The number of hydrogen-bond acceptors (Lipinski definition) is 4. The number of amides is 1. The lowest BCUT2D eigenvalue weighted by molar-refractivity contribution is 0.0696. The topological polar surface area (TPSA) is 74.0 Å². The predicted octanol–water partition coefficient (Wildman–Crippen LogP) is 2.07. The molecule has 2 aromatic rings. The number of para-hydroxylation sites is 2. The van der Waals surface area contributed by atoms with Crippen molar-refractivity contribution in [2.24, 2.45) is 0 Å². The minimum atomic E-state index is -1.11. The highest BCUT2D eigenvalue weighted by Crippen LogP contribution is 2.32. The van der Waals surface area contributed by atoms with E-state index in [2.05, 4.69) is 4.90 Å². The van der Waals surface area contributed by atoms with Crippen LogP contribution in [0.5, 0.6) is 0 Å². The van der Waals surface area contributed by atoms with Crippen LogP contribution in [-0.2, 0) is 0 Å². The van der Waals surface area contributed by atoms with Crippen LogP contribution in [0, 0.1) is 0 Å². The molecule has 108 valence electrons. The molecule has 0 saturated heterocycles. The maximum atomic E-state index is 12.5. The van der Waals surface area contributed by atoms with Gasteiger partial charge in [-0.1, -0.05) is 12.1 Å². The lowest BCUT2D eigenvalue weighted by Gasteiger charge is -2.35. The zero-order valence-electron chi connectivity index (χ0n) is 11.4. The van der Waals surface area contributed by atoms with Gasteiger partial charge in [-0.05, 0) is 12.1 Å². The highest BCUT2D eigenvalue weighted by atomic mass is 16.4. The van der Waals surface area contributed by atoms with E-state index in [-0.39, 0.29) is 17.2 Å². The van der Waals surface area contributed by atoms with Crippen molar-refractivity contribution in [1.82, 2.24) is 0 Å². The number of anilines is 2. The molecule has 1 aromatic carbocycles. The lowest BCUT2D eigenvalue weighted by atomic mass is 10.1. The summed E-state index contributed by atoms with van der Waals surface area (Å²) in [6.07, 6.45) is 1.08. The van der Waals surface area contributed by atoms with Gasteiger partial charge in [-0.3, -0.25) is 4.79 Å². The minimum Gasteiger partial charge on any atom is -0.478 e. The Labute approximate surface area is 121 Å². The molecule has 1 aliphatic heterocycles. The first-order chi connectivity index (χ1) is 10.1. The summed E-state index contributed by atoms with van der Waals surface area (Å²) in [7, 11) is 1.97. The number of furan rings is 1. The van der Waals surface area contributed by atoms with Gasteiger partial charge >= 0.3 is 5.97 Å². The zero-order chi connectivity index (χ0) is 15.0. The van der Waals surface area contributed by atoms with Crippen LogP contribution in [0.1, 0.15) is 20.9 Å². The molecule has 1 N–H and O–H groups in total. The van der Waals surface area contributed by atoms with Gasteiger partial charge in [0.25, 0.3) is 5.91 Å². The van der Waals surface area contributed by atoms with E-state index in [4.69, 9.17) is 9.52 Å². The van der Waals surface area contributed by atoms with Gasteiger partial charge in [0.15, 0.2) is 5.76 Å². The summed E-state index contributed by atoms with van der Waals surface area (Å²) < 4.78 is 5.10. The Bertz CT molecular complexity index is 707. The summed E-state index contributed by atoms with van der Waals surface area (Å²) in [5.74, 6) is -1.41. The van der Waals surface area contributed by atoms with Crippen LogP contribution in [0.25, 0.3) is 0 Å². The average Bonchev–Trinajstić information content (AvgIpc) is 2.97. The molecular weight excluding hydrogens is 272 g/mol. The van der Waals surface area contributed by atoms with Crippen LogP contribution < -0.4 is 9.80 Å². The monoisotopic (exact) mass is 286 g/mol. The van der Waals surface area contributed by atoms with Gasteiger partial charge in [-0.15, -0.1) is 0 Å². The molecule has 0 spiro atoms. The number of carbonyl (C=O) groups is 2. The van der Waals surface area contributed by atoms with E-state index < -0.39 is 5.97 Å². The minimum absolute atomic E-state index is 0.0271. The van der Waals surface area contributed by atoms with Crippen LogP contribution in [0.2, 0.25) is 0 Å². The smallest absolute Gasteiger partial charge is 0.338 e. The molecule has 3 rings (SSSR count). The number of likely N-dealkylation sites (N-methyl/N-ethyl adjacent to an activating group) is 1. The number of benzene rings is 1. The van der Waals surface area contributed by atoms with Gasteiger partial charge in [0, 0.05) is 26.2 Å². The van der Waals surface area contributed by atoms with Crippen LogP contribution in [0.15, 0.2) is 41.0 Å². The number of aromatic carboxylic acids is 1. The summed E-state index contributed by atoms with van der Waals surface area (Å²) in [5, 5.41) is 8.89. The van der Waals surface area contributed by atoms with Crippen molar-refractivity contribution in [3.8, 4) is 0 Å². The number of rotatable bonds is 2. The number of nitrogens with zero attached hydrogens (tertiary/aromatic N) is 2. The molecule has 0 fully saturated rings. The second-order valence-corrected chi connectivity index (χ2v) is 4.87. The summed E-state index contributed by atoms with van der Waals surface area (Å²) in [6.45, 7) is 1.23. The van der Waals surface area contributed by atoms with Crippen molar-refractivity contribution in [2.75, 3.05) is 29.9 Å². The fourth-order valence-electron chi connectivity index (χ4n) is 2.41. The first-order valence-corrected chi connectivity index (χ1v) is 6.52. The molecule has 0 bridgehead atoms. The van der Waals surface area contributed by atoms with Crippen LogP contribution in [0.3, 0.4) is 0 Å². The highest BCUT2D eigenvalue weighted by molar-refractivity contribution is 6.07. The van der Waals surface area contributed by atoms with Crippen LogP contribution >= 0.6 is 0 Å². The molecule has 0 radical (unpaired) electrons. The van der Waals surface area contributed by atoms with Gasteiger partial charge in [-0.25, -0.2) is 4.79 Å². The molecule has 0 aliphatic carbocycles. The fraction of sp³-hybridized carbons (Fsp3) is 0.200. The predicted molar refractivity (Wildman–Crippen MR) is 77.1 cm³/mol. The largest absolute Gasteiger partial charge is 0.478 e. The van der Waals surface area contributed by atoms with E-state index >= 15 is 0 Å². The van der Waals surface area contributed by atoms with Crippen molar-refractivity contribution in [3.05, 3.63) is 47.9 Å². The molecule has 0 saturated carbocycles. The molecule has 0 unspecified atom stereocenters. The van der Waals surface area contributed by atoms with E-state index in [1.807, 2.05) is 31.3 Å². The number of hydrogen-bond donors (Lipinski definition) is 1. The van der Waals surface area contributed by atoms with Crippen molar-refractivity contribution in [2.45, 2.75) is 0 Å². The van der Waals surface area contributed by atoms with E-state index in [0.717, 1.165) is 17.6 Å². The number of carbonyl (C=O) groups excluding carboxylic acids is 1. The fourth-order valence-corrected chi connectivity index (χ4v) is 2.41. The van der Waals surface area contributed by atoms with Gasteiger partial charge in [0.05, 0.1) is 16.9 Å². The normalized spacial score (nSPS) is 14.0. The first-order valence-electron chi connectivity index (χ1n) is 6.52. The number of carboxylic acids is 1. The van der Waals surface area contributed by atoms with Gasteiger partial charge in [0.1, 0.15) is 6.26 Å². The third-order valence-electron chi connectivity index (χ3n) is 3.55. The van der Waals surface area contributed by atoms with Gasteiger partial charge in [-0.2, -0.15) is 0 Å². The maximum absolute atomic E-state index is 12.5. The quantitative estimate of drug-likeness (QED) is 0.914. The van der Waals surface area contributed by atoms with Crippen LogP contribution in [-0.4, -0.2) is 37.1 Å². The van der Waals surface area contributed by atoms with E-state index in [1.165, 1.54) is 6.07 Å². The molecule has 2 heterocycles. The molecule has 6 nitrogen and oxygen atoms in total. The van der Waals surface area contributed by atoms with E-state index in [1.54, 1.807) is 4.90 Å². The summed E-state index contributed by atoms with van der Waals surface area (Å²) in [6, 6.07) is 8.84. The SMILES string of the molecule is CN1CCN(C(=O)c2cc(C(=O)O)co2)c2ccccc21. The Morgan fingerprint density at radius 1 is 1.19 bits per heavy atom. The third kappa shape index (κ3) is 2.24. The molecule has 1 aliphatic rings. The summed E-state index contributed by atoms with van der Waals surface area (Å²) in [4.78, 5) is 27.1. The van der Waals surface area contributed by atoms with E-state index in [0.29, 0.717) is 13.1 Å². The molecule has 1 amide bonds. The maximum Gasteiger partial charge on any atom is 0.338 e. The third-order valence-corrected chi connectivity index (χ3v) is 3.55. The molecule has 6 heteroatoms. The molecule has 1 aromatic heterocycles. The first kappa shape index (κ1) is 13.2. The van der Waals surface area contributed by atoms with Crippen molar-refractivity contribution in [3.63, 3.8) is 0 Å². The van der Waals surface area contributed by atoms with Gasteiger partial charge in [0.2, 0.25) is 0 Å². The standard InChI is InChI=1S/C15H14N2O4/c1-16-6-7-17(12-5-3-2-4-11(12)16)14(18)13-8-10(9-21-13)15(19)20/h2-5,8-9H,6-7H2,1H3,(H,19,20). The van der Waals surface area contributed by atoms with Crippen LogP contribution in [0.4, 0.5) is 11.4 Å². The molecule has 21 heavy (non-hydrogen) atoms. The number of carboxylic acid groups (broad SMARTS) is 1. The Balaban J connectivity index is 1.95. The van der Waals surface area contributed by atoms with Crippen molar-refractivity contribution >= 4 is 23.3 Å². The van der Waals surface area contributed by atoms with Crippen molar-refractivity contribution in [1.29, 1.82) is 0 Å². The molecular formula is C15H14N2O4. The zero-order valence-corrected chi connectivity index (χ0v) is 11.4. The van der Waals surface area contributed by atoms with Gasteiger partial charge < -0.3 is 19.3 Å². The van der Waals surface area contributed by atoms with E-state index in [9.17, 15) is 9.59 Å². The second kappa shape index (κ2) is 4.97. The Morgan fingerprint density at radius 3 is 2.57 bits per heavy atom. The summed E-state index contributed by atoms with van der Waals surface area (Å²) in [5.41, 5.74) is 1.73. The lowest BCUT2D eigenvalue weighted by Crippen LogP contribution is -2.42. The Morgan fingerprint density at radius 2 is 1.90 bits per heavy atom. The Kier molecular flexibility index (Phi) is 3.13. The molecule has 0 atom stereocenters.